The van der Waals surface area contributed by atoms with E-state index in [9.17, 15) is 4.79 Å². The molecule has 0 bridgehead atoms. The molecule has 0 saturated carbocycles. The van der Waals surface area contributed by atoms with Gasteiger partial charge in [-0.2, -0.15) is 0 Å². The van der Waals surface area contributed by atoms with Gasteiger partial charge in [0, 0.05) is 7.05 Å². The number of carbonyl (C=O) groups excluding carboxylic acids is 1. The van der Waals surface area contributed by atoms with Gasteiger partial charge in [0.1, 0.15) is 6.04 Å². The van der Waals surface area contributed by atoms with Crippen molar-refractivity contribution in [1.82, 2.24) is 10.6 Å². The van der Waals surface area contributed by atoms with Gasteiger partial charge in [0.15, 0.2) is 5.11 Å². The molecule has 58 valence electrons. The first-order valence-corrected chi connectivity index (χ1v) is 3.26. The summed E-state index contributed by atoms with van der Waals surface area (Å²) < 4.78 is 0. The molecule has 1 atom stereocenters. The SMILES string of the molecule is CNC(=S)NC(C)C(N)=O. The van der Waals surface area contributed by atoms with Crippen LogP contribution in [0.1, 0.15) is 6.92 Å². The lowest BCUT2D eigenvalue weighted by atomic mass is 10.3. The average molecular weight is 161 g/mol. The summed E-state index contributed by atoms with van der Waals surface area (Å²) in [7, 11) is 1.67. The van der Waals surface area contributed by atoms with Gasteiger partial charge in [-0.3, -0.25) is 4.79 Å². The van der Waals surface area contributed by atoms with Gasteiger partial charge in [-0.25, -0.2) is 0 Å². The highest BCUT2D eigenvalue weighted by molar-refractivity contribution is 7.80. The molecule has 0 aromatic rings. The van der Waals surface area contributed by atoms with E-state index in [2.05, 4.69) is 10.6 Å². The van der Waals surface area contributed by atoms with E-state index >= 15 is 0 Å². The minimum atomic E-state index is -0.419. The Morgan fingerprint density at radius 1 is 1.70 bits per heavy atom. The second-order valence-electron chi connectivity index (χ2n) is 1.85. The number of rotatable bonds is 2. The van der Waals surface area contributed by atoms with Crippen LogP contribution in [0.5, 0.6) is 0 Å². The van der Waals surface area contributed by atoms with Crippen molar-refractivity contribution in [3.63, 3.8) is 0 Å². The Morgan fingerprint density at radius 3 is 2.50 bits per heavy atom. The Labute approximate surface area is 65.2 Å². The standard InChI is InChI=1S/C5H11N3OS/c1-3(4(6)9)8-5(10)7-2/h3H,1-2H3,(H2,6,9)(H2,7,8,10). The third-order valence-corrected chi connectivity index (χ3v) is 1.32. The predicted octanol–water partition coefficient (Wildman–Crippen LogP) is -1.05. The zero-order chi connectivity index (χ0) is 8.15. The fourth-order valence-electron chi connectivity index (χ4n) is 0.340. The Kier molecular flexibility index (Phi) is 3.71. The van der Waals surface area contributed by atoms with Gasteiger partial charge in [-0.15, -0.1) is 0 Å². The van der Waals surface area contributed by atoms with Crippen LogP contribution in [0.15, 0.2) is 0 Å². The molecule has 0 aliphatic heterocycles. The van der Waals surface area contributed by atoms with E-state index in [1.54, 1.807) is 14.0 Å². The largest absolute Gasteiger partial charge is 0.368 e. The Bertz CT molecular complexity index is 148. The van der Waals surface area contributed by atoms with Crippen molar-refractivity contribution in [1.29, 1.82) is 0 Å². The van der Waals surface area contributed by atoms with E-state index < -0.39 is 11.9 Å². The fraction of sp³-hybridized carbons (Fsp3) is 0.600. The third kappa shape index (κ3) is 3.24. The minimum absolute atomic E-state index is 0.417. The molecule has 0 aromatic carbocycles. The molecule has 0 rings (SSSR count). The van der Waals surface area contributed by atoms with Crippen molar-refractivity contribution in [2.75, 3.05) is 7.05 Å². The highest BCUT2D eigenvalue weighted by Gasteiger charge is 2.07. The third-order valence-electron chi connectivity index (χ3n) is 1.00. The van der Waals surface area contributed by atoms with Crippen molar-refractivity contribution in [3.05, 3.63) is 0 Å². The summed E-state index contributed by atoms with van der Waals surface area (Å²) in [6, 6.07) is -0.417. The van der Waals surface area contributed by atoms with Crippen LogP contribution in [0.25, 0.3) is 0 Å². The molecular weight excluding hydrogens is 150 g/mol. The summed E-state index contributed by atoms with van der Waals surface area (Å²) in [4.78, 5) is 10.4. The van der Waals surface area contributed by atoms with E-state index in [1.807, 2.05) is 0 Å². The number of primary amides is 1. The van der Waals surface area contributed by atoms with Crippen molar-refractivity contribution < 1.29 is 4.79 Å². The first kappa shape index (κ1) is 9.16. The summed E-state index contributed by atoms with van der Waals surface area (Å²) in [5.41, 5.74) is 4.95. The zero-order valence-electron chi connectivity index (χ0n) is 5.97. The van der Waals surface area contributed by atoms with Crippen molar-refractivity contribution in [2.24, 2.45) is 5.73 Å². The molecule has 0 aromatic heterocycles. The maximum atomic E-state index is 10.4. The number of hydrogen-bond donors (Lipinski definition) is 3. The molecule has 1 amide bonds. The summed E-state index contributed by atoms with van der Waals surface area (Å²) in [5, 5.41) is 5.76. The smallest absolute Gasteiger partial charge is 0.239 e. The van der Waals surface area contributed by atoms with Crippen LogP contribution in [0, 0.1) is 0 Å². The van der Waals surface area contributed by atoms with Crippen LogP contribution < -0.4 is 16.4 Å². The number of nitrogens with two attached hydrogens (primary N) is 1. The summed E-state index contributed by atoms with van der Waals surface area (Å²) >= 11 is 4.72. The molecular formula is C5H11N3OS. The maximum Gasteiger partial charge on any atom is 0.239 e. The molecule has 4 nitrogen and oxygen atoms in total. The van der Waals surface area contributed by atoms with Gasteiger partial charge in [0.2, 0.25) is 5.91 Å². The lowest BCUT2D eigenvalue weighted by molar-refractivity contribution is -0.119. The lowest BCUT2D eigenvalue weighted by Gasteiger charge is -2.10. The Morgan fingerprint density at radius 2 is 2.20 bits per heavy atom. The molecule has 10 heavy (non-hydrogen) atoms. The van der Waals surface area contributed by atoms with Crippen LogP contribution in [-0.2, 0) is 4.79 Å². The van der Waals surface area contributed by atoms with Crippen molar-refractivity contribution in [2.45, 2.75) is 13.0 Å². The number of amides is 1. The van der Waals surface area contributed by atoms with Crippen LogP contribution in [0.4, 0.5) is 0 Å². The number of carbonyl (C=O) groups is 1. The molecule has 0 aliphatic carbocycles. The first-order chi connectivity index (χ1) is 4.57. The molecule has 0 aliphatic rings. The van der Waals surface area contributed by atoms with Gasteiger partial charge in [0.25, 0.3) is 0 Å². The molecule has 0 radical (unpaired) electrons. The number of thiocarbonyl (C=S) groups is 1. The summed E-state index contributed by atoms with van der Waals surface area (Å²) in [5.74, 6) is -0.419. The normalized spacial score (nSPS) is 11.8. The van der Waals surface area contributed by atoms with Gasteiger partial charge in [-0.05, 0) is 19.1 Å². The number of hydrogen-bond acceptors (Lipinski definition) is 2. The van der Waals surface area contributed by atoms with Gasteiger partial charge < -0.3 is 16.4 Å². The monoisotopic (exact) mass is 161 g/mol. The lowest BCUT2D eigenvalue weighted by Crippen LogP contribution is -2.45. The second kappa shape index (κ2) is 4.05. The maximum absolute atomic E-state index is 10.4. The molecule has 5 heteroatoms. The molecule has 0 heterocycles. The van der Waals surface area contributed by atoms with E-state index in [0.29, 0.717) is 5.11 Å². The summed E-state index contributed by atoms with van der Waals surface area (Å²) in [6.07, 6.45) is 0. The van der Waals surface area contributed by atoms with E-state index in [0.717, 1.165) is 0 Å². The van der Waals surface area contributed by atoms with E-state index in [1.165, 1.54) is 0 Å². The van der Waals surface area contributed by atoms with Crippen LogP contribution in [0.3, 0.4) is 0 Å². The molecule has 0 fully saturated rings. The predicted molar refractivity (Wildman–Crippen MR) is 43.4 cm³/mol. The second-order valence-corrected chi connectivity index (χ2v) is 2.26. The number of nitrogens with one attached hydrogen (secondary N) is 2. The highest BCUT2D eigenvalue weighted by Crippen LogP contribution is 1.77. The van der Waals surface area contributed by atoms with Crippen LogP contribution in [0.2, 0.25) is 0 Å². The van der Waals surface area contributed by atoms with Crippen molar-refractivity contribution >= 4 is 23.2 Å². The average Bonchev–Trinajstić information content (AvgIpc) is 1.87. The Hall–Kier alpha value is -0.840. The highest BCUT2D eigenvalue weighted by atomic mass is 32.1. The van der Waals surface area contributed by atoms with Gasteiger partial charge in [-0.1, -0.05) is 0 Å². The minimum Gasteiger partial charge on any atom is -0.368 e. The molecule has 1 unspecified atom stereocenters. The van der Waals surface area contributed by atoms with Crippen LogP contribution in [-0.4, -0.2) is 24.1 Å². The molecule has 0 saturated heterocycles. The Balaban J connectivity index is 3.68. The van der Waals surface area contributed by atoms with E-state index in [-0.39, 0.29) is 0 Å². The fourth-order valence-corrected chi connectivity index (χ4v) is 0.517. The quantitative estimate of drug-likeness (QED) is 0.452. The summed E-state index contributed by atoms with van der Waals surface area (Å²) in [6.45, 7) is 1.64. The molecule has 0 spiro atoms. The first-order valence-electron chi connectivity index (χ1n) is 2.85. The van der Waals surface area contributed by atoms with E-state index in [4.69, 9.17) is 18.0 Å². The topological polar surface area (TPSA) is 67.2 Å². The molecule has 4 N–H and O–H groups in total. The van der Waals surface area contributed by atoms with Gasteiger partial charge >= 0.3 is 0 Å². The zero-order valence-corrected chi connectivity index (χ0v) is 6.79. The van der Waals surface area contributed by atoms with Crippen LogP contribution >= 0.6 is 12.2 Å². The van der Waals surface area contributed by atoms with Gasteiger partial charge in [0.05, 0.1) is 0 Å². The van der Waals surface area contributed by atoms with Crippen molar-refractivity contribution in [3.8, 4) is 0 Å².